The number of hydrogen-bond acceptors (Lipinski definition) is 4. The van der Waals surface area contributed by atoms with Crippen molar-refractivity contribution in [2.24, 2.45) is 11.8 Å². The molecule has 1 saturated heterocycles. The monoisotopic (exact) mass is 433 g/mol. The summed E-state index contributed by atoms with van der Waals surface area (Å²) >= 11 is 0. The first-order chi connectivity index (χ1) is 13.6. The normalized spacial score (nSPS) is 25.0. The molecule has 0 aromatic heterocycles. The Morgan fingerprint density at radius 1 is 1.10 bits per heavy atom. The van der Waals surface area contributed by atoms with Crippen molar-refractivity contribution in [2.75, 3.05) is 13.1 Å². The summed E-state index contributed by atoms with van der Waals surface area (Å²) in [4.78, 5) is 11.7. The average Bonchev–Trinajstić information content (AvgIpc) is 2.67. The third-order valence-corrected chi connectivity index (χ3v) is 7.73. The van der Waals surface area contributed by atoms with Crippen LogP contribution in [0.25, 0.3) is 0 Å². The molecule has 0 N–H and O–H groups in total. The zero-order chi connectivity index (χ0) is 21.2. The summed E-state index contributed by atoms with van der Waals surface area (Å²) in [7, 11) is -4.30. The Kier molecular flexibility index (Phi) is 6.57. The first-order valence-electron chi connectivity index (χ1n) is 9.96. The van der Waals surface area contributed by atoms with Crippen LogP contribution in [0.15, 0.2) is 29.2 Å². The number of ether oxygens (including phenoxy) is 1. The van der Waals surface area contributed by atoms with Crippen LogP contribution in [0.1, 0.15) is 51.0 Å². The van der Waals surface area contributed by atoms with Crippen LogP contribution in [0, 0.1) is 11.8 Å². The Labute approximate surface area is 169 Å². The van der Waals surface area contributed by atoms with Crippen LogP contribution in [0.2, 0.25) is 0 Å². The van der Waals surface area contributed by atoms with Crippen molar-refractivity contribution in [2.45, 2.75) is 62.6 Å². The SMILES string of the molecule is CC1CCCC(OC(=O)C2CCN(S(=O)(=O)c3ccccc3C(F)(F)F)CC2)C1. The van der Waals surface area contributed by atoms with Gasteiger partial charge in [-0.2, -0.15) is 17.5 Å². The highest BCUT2D eigenvalue weighted by Crippen LogP contribution is 2.36. The van der Waals surface area contributed by atoms with Gasteiger partial charge in [0.05, 0.1) is 16.4 Å². The van der Waals surface area contributed by atoms with E-state index in [2.05, 4.69) is 6.92 Å². The lowest BCUT2D eigenvalue weighted by Gasteiger charge is -2.32. The van der Waals surface area contributed by atoms with Gasteiger partial charge in [0.1, 0.15) is 6.10 Å². The molecule has 9 heteroatoms. The average molecular weight is 433 g/mol. The molecule has 0 radical (unpaired) electrons. The molecule has 0 bridgehead atoms. The number of rotatable bonds is 4. The van der Waals surface area contributed by atoms with E-state index < -0.39 is 32.6 Å². The van der Waals surface area contributed by atoms with Gasteiger partial charge in [-0.15, -0.1) is 0 Å². The van der Waals surface area contributed by atoms with Crippen LogP contribution in [-0.4, -0.2) is 37.9 Å². The lowest BCUT2D eigenvalue weighted by molar-refractivity contribution is -0.157. The molecule has 1 aliphatic heterocycles. The van der Waals surface area contributed by atoms with Gasteiger partial charge in [-0.3, -0.25) is 4.79 Å². The van der Waals surface area contributed by atoms with Crippen LogP contribution in [0.4, 0.5) is 13.2 Å². The molecular weight excluding hydrogens is 407 g/mol. The van der Waals surface area contributed by atoms with Crippen molar-refractivity contribution in [1.82, 2.24) is 4.31 Å². The van der Waals surface area contributed by atoms with Gasteiger partial charge in [-0.05, 0) is 50.2 Å². The van der Waals surface area contributed by atoms with E-state index in [9.17, 15) is 26.4 Å². The molecule has 5 nitrogen and oxygen atoms in total. The molecule has 2 fully saturated rings. The maximum atomic E-state index is 13.2. The molecule has 3 rings (SSSR count). The van der Waals surface area contributed by atoms with Gasteiger partial charge in [0.2, 0.25) is 10.0 Å². The molecule has 2 atom stereocenters. The van der Waals surface area contributed by atoms with Crippen molar-refractivity contribution in [1.29, 1.82) is 0 Å². The highest BCUT2D eigenvalue weighted by Gasteiger charge is 2.40. The second-order valence-electron chi connectivity index (χ2n) is 8.00. The second-order valence-corrected chi connectivity index (χ2v) is 9.91. The number of esters is 1. The molecule has 1 aromatic rings. The Morgan fingerprint density at radius 3 is 2.38 bits per heavy atom. The zero-order valence-corrected chi connectivity index (χ0v) is 17.1. The summed E-state index contributed by atoms with van der Waals surface area (Å²) in [6.45, 7) is 2.12. The minimum Gasteiger partial charge on any atom is -0.462 e. The minimum absolute atomic E-state index is 0.00460. The Balaban J connectivity index is 1.64. The molecule has 29 heavy (non-hydrogen) atoms. The summed E-state index contributed by atoms with van der Waals surface area (Å²) in [6.07, 6.45) is -0.527. The topological polar surface area (TPSA) is 63.7 Å². The number of carbonyl (C=O) groups is 1. The third kappa shape index (κ3) is 5.12. The smallest absolute Gasteiger partial charge is 0.417 e. The summed E-state index contributed by atoms with van der Waals surface area (Å²) < 4.78 is 71.9. The highest BCUT2D eigenvalue weighted by atomic mass is 32.2. The van der Waals surface area contributed by atoms with Gasteiger partial charge in [0.25, 0.3) is 0 Å². The van der Waals surface area contributed by atoms with E-state index in [0.29, 0.717) is 5.92 Å². The molecule has 0 amide bonds. The van der Waals surface area contributed by atoms with Crippen LogP contribution < -0.4 is 0 Å². The van der Waals surface area contributed by atoms with E-state index in [4.69, 9.17) is 4.74 Å². The Hall–Kier alpha value is -1.61. The molecule has 162 valence electrons. The van der Waals surface area contributed by atoms with Gasteiger partial charge in [-0.25, -0.2) is 8.42 Å². The van der Waals surface area contributed by atoms with Crippen LogP contribution >= 0.6 is 0 Å². The largest absolute Gasteiger partial charge is 0.462 e. The van der Waals surface area contributed by atoms with E-state index >= 15 is 0 Å². The summed E-state index contributed by atoms with van der Waals surface area (Å²) in [6, 6.07) is 4.18. The number of benzene rings is 1. The Morgan fingerprint density at radius 2 is 1.76 bits per heavy atom. The standard InChI is InChI=1S/C20H26F3NO4S/c1-14-5-4-6-16(13-14)28-19(25)15-9-11-24(12-10-15)29(26,27)18-8-3-2-7-17(18)20(21,22)23/h2-3,7-8,14-16H,4-6,9-13H2,1H3. The second kappa shape index (κ2) is 8.63. The number of alkyl halides is 3. The minimum atomic E-state index is -4.76. The predicted molar refractivity (Wildman–Crippen MR) is 100 cm³/mol. The van der Waals surface area contributed by atoms with E-state index in [1.165, 1.54) is 6.07 Å². The number of piperidine rings is 1. The molecule has 0 spiro atoms. The quantitative estimate of drug-likeness (QED) is 0.667. The van der Waals surface area contributed by atoms with Gasteiger partial charge in [0.15, 0.2) is 0 Å². The van der Waals surface area contributed by atoms with Crippen LogP contribution in [0.3, 0.4) is 0 Å². The molecule has 2 aliphatic rings. The molecule has 1 aliphatic carbocycles. The van der Waals surface area contributed by atoms with Gasteiger partial charge >= 0.3 is 12.1 Å². The van der Waals surface area contributed by atoms with Crippen LogP contribution in [-0.2, 0) is 25.7 Å². The summed E-state index contributed by atoms with van der Waals surface area (Å²) in [5.74, 6) is -0.226. The van der Waals surface area contributed by atoms with E-state index in [-0.39, 0.29) is 38.0 Å². The van der Waals surface area contributed by atoms with Crippen molar-refractivity contribution in [3.63, 3.8) is 0 Å². The fraction of sp³-hybridized carbons (Fsp3) is 0.650. The lowest BCUT2D eigenvalue weighted by atomic mass is 9.88. The summed E-state index contributed by atoms with van der Waals surface area (Å²) in [5, 5.41) is 0. The molecule has 2 unspecified atom stereocenters. The fourth-order valence-corrected chi connectivity index (χ4v) is 5.82. The van der Waals surface area contributed by atoms with Gasteiger partial charge in [0, 0.05) is 13.1 Å². The lowest BCUT2D eigenvalue weighted by Crippen LogP contribution is -2.41. The number of hydrogen-bond donors (Lipinski definition) is 0. The van der Waals surface area contributed by atoms with Crippen molar-refractivity contribution in [3.8, 4) is 0 Å². The fourth-order valence-electron chi connectivity index (χ4n) is 4.14. The van der Waals surface area contributed by atoms with Crippen molar-refractivity contribution < 1.29 is 31.1 Å². The maximum Gasteiger partial charge on any atom is 0.417 e. The predicted octanol–water partition coefficient (Wildman–Crippen LogP) is 4.23. The van der Waals surface area contributed by atoms with Crippen LogP contribution in [0.5, 0.6) is 0 Å². The Bertz CT molecular complexity index is 832. The number of halogens is 3. The highest BCUT2D eigenvalue weighted by molar-refractivity contribution is 7.89. The number of carbonyl (C=O) groups excluding carboxylic acids is 1. The number of sulfonamides is 1. The van der Waals surface area contributed by atoms with Gasteiger partial charge in [-0.1, -0.05) is 25.5 Å². The molecular formula is C20H26F3NO4S. The van der Waals surface area contributed by atoms with Crippen molar-refractivity contribution >= 4 is 16.0 Å². The first-order valence-corrected chi connectivity index (χ1v) is 11.4. The maximum absolute atomic E-state index is 13.2. The van der Waals surface area contributed by atoms with Crippen molar-refractivity contribution in [3.05, 3.63) is 29.8 Å². The molecule has 1 heterocycles. The molecule has 1 aromatic carbocycles. The summed E-state index contributed by atoms with van der Waals surface area (Å²) in [5.41, 5.74) is -1.17. The first kappa shape index (κ1) is 22.1. The molecule has 1 saturated carbocycles. The zero-order valence-electron chi connectivity index (χ0n) is 16.3. The van der Waals surface area contributed by atoms with E-state index in [1.54, 1.807) is 0 Å². The third-order valence-electron chi connectivity index (χ3n) is 5.77. The van der Waals surface area contributed by atoms with E-state index in [0.717, 1.165) is 48.2 Å². The number of nitrogens with zero attached hydrogens (tertiary/aromatic N) is 1. The van der Waals surface area contributed by atoms with E-state index in [1.807, 2.05) is 0 Å². The van der Waals surface area contributed by atoms with Gasteiger partial charge < -0.3 is 4.74 Å².